The van der Waals surface area contributed by atoms with Gasteiger partial charge in [0, 0.05) is 37.2 Å². The van der Waals surface area contributed by atoms with Gasteiger partial charge in [-0.05, 0) is 152 Å². The molecular formula is C60H41NS. The highest BCUT2D eigenvalue weighted by molar-refractivity contribution is 7.25. The van der Waals surface area contributed by atoms with Crippen LogP contribution in [0.2, 0.25) is 0 Å². The van der Waals surface area contributed by atoms with Gasteiger partial charge in [0.25, 0.3) is 0 Å². The van der Waals surface area contributed by atoms with Crippen LogP contribution in [0.4, 0.5) is 17.1 Å². The number of nitrogens with zero attached hydrogens (tertiary/aromatic N) is 1. The maximum absolute atomic E-state index is 2.39. The van der Waals surface area contributed by atoms with E-state index < -0.39 is 0 Å². The van der Waals surface area contributed by atoms with Gasteiger partial charge in [-0.1, -0.05) is 164 Å². The summed E-state index contributed by atoms with van der Waals surface area (Å²) in [6.07, 6.45) is 0. The molecule has 1 nitrogen and oxygen atoms in total. The molecule has 292 valence electrons. The predicted molar refractivity (Wildman–Crippen MR) is 267 cm³/mol. The number of thiophene rings is 1. The molecule has 62 heavy (non-hydrogen) atoms. The number of fused-ring (bicyclic) bond motifs is 3. The van der Waals surface area contributed by atoms with Crippen LogP contribution in [-0.2, 0) is 0 Å². The normalized spacial score (nSPS) is 11.2. The van der Waals surface area contributed by atoms with Gasteiger partial charge in [-0.2, -0.15) is 0 Å². The number of rotatable bonds is 9. The lowest BCUT2D eigenvalue weighted by Crippen LogP contribution is -2.09. The van der Waals surface area contributed by atoms with Crippen molar-refractivity contribution in [3.63, 3.8) is 0 Å². The molecule has 0 aliphatic rings. The Hall–Kier alpha value is -7.78. The molecule has 0 fully saturated rings. The van der Waals surface area contributed by atoms with E-state index in [1.54, 1.807) is 0 Å². The molecule has 0 amide bonds. The van der Waals surface area contributed by atoms with E-state index in [0.717, 1.165) is 17.1 Å². The van der Waals surface area contributed by atoms with Crippen molar-refractivity contribution in [2.45, 2.75) is 0 Å². The highest BCUT2D eigenvalue weighted by atomic mass is 32.1. The molecule has 0 saturated carbocycles. The Bertz CT molecular complexity index is 3010. The Morgan fingerprint density at radius 1 is 0.210 bits per heavy atom. The molecule has 0 radical (unpaired) electrons. The fraction of sp³-hybridized carbons (Fsp3) is 0. The first-order valence-corrected chi connectivity index (χ1v) is 22.0. The van der Waals surface area contributed by atoms with Gasteiger partial charge < -0.3 is 4.90 Å². The van der Waals surface area contributed by atoms with Crippen molar-refractivity contribution in [1.29, 1.82) is 0 Å². The minimum atomic E-state index is 1.10. The van der Waals surface area contributed by atoms with Crippen LogP contribution in [-0.4, -0.2) is 0 Å². The highest BCUT2D eigenvalue weighted by Crippen LogP contribution is 2.42. The van der Waals surface area contributed by atoms with Gasteiger partial charge in [0.15, 0.2) is 0 Å². The van der Waals surface area contributed by atoms with E-state index >= 15 is 0 Å². The fourth-order valence-corrected chi connectivity index (χ4v) is 9.77. The number of anilines is 3. The average Bonchev–Trinajstić information content (AvgIpc) is 3.73. The van der Waals surface area contributed by atoms with E-state index in [1.165, 1.54) is 86.9 Å². The molecule has 0 spiro atoms. The first-order chi connectivity index (χ1) is 30.7. The van der Waals surface area contributed by atoms with Crippen LogP contribution in [0, 0.1) is 0 Å². The summed E-state index contributed by atoms with van der Waals surface area (Å²) in [5, 5.41) is 2.57. The first kappa shape index (κ1) is 37.2. The fourth-order valence-electron chi connectivity index (χ4n) is 8.68. The Morgan fingerprint density at radius 3 is 0.903 bits per heavy atom. The summed E-state index contributed by atoms with van der Waals surface area (Å²) in [5.41, 5.74) is 17.7. The molecule has 0 bridgehead atoms. The third-order valence-electron chi connectivity index (χ3n) is 11.8. The molecule has 11 rings (SSSR count). The molecule has 0 atom stereocenters. The topological polar surface area (TPSA) is 3.24 Å². The lowest BCUT2D eigenvalue weighted by atomic mass is 9.93. The van der Waals surface area contributed by atoms with E-state index in [-0.39, 0.29) is 0 Å². The smallest absolute Gasteiger partial charge is 0.0468 e. The van der Waals surface area contributed by atoms with Gasteiger partial charge in [0.1, 0.15) is 0 Å². The molecule has 1 heterocycles. The summed E-state index contributed by atoms with van der Waals surface area (Å²) < 4.78 is 2.60. The molecule has 0 aliphatic heterocycles. The molecule has 0 N–H and O–H groups in total. The summed E-state index contributed by atoms with van der Waals surface area (Å²) >= 11 is 1.85. The van der Waals surface area contributed by atoms with Crippen LogP contribution in [0.5, 0.6) is 0 Å². The zero-order valence-electron chi connectivity index (χ0n) is 34.0. The van der Waals surface area contributed by atoms with Crippen molar-refractivity contribution in [1.82, 2.24) is 0 Å². The molecule has 10 aromatic carbocycles. The monoisotopic (exact) mass is 807 g/mol. The van der Waals surface area contributed by atoms with E-state index in [2.05, 4.69) is 254 Å². The van der Waals surface area contributed by atoms with Crippen molar-refractivity contribution in [2.24, 2.45) is 0 Å². The second-order valence-electron chi connectivity index (χ2n) is 15.8. The first-order valence-electron chi connectivity index (χ1n) is 21.1. The van der Waals surface area contributed by atoms with Crippen LogP contribution < -0.4 is 4.90 Å². The number of hydrogen-bond acceptors (Lipinski definition) is 2. The molecule has 0 aliphatic carbocycles. The third kappa shape index (κ3) is 7.38. The molecule has 0 saturated heterocycles. The second-order valence-corrected chi connectivity index (χ2v) is 16.9. The Morgan fingerprint density at radius 2 is 0.516 bits per heavy atom. The Kier molecular flexibility index (Phi) is 9.82. The standard InChI is InChI=1S/C60H41NS/c1-5-15-42(16-6-1)48-35-49(43-17-7-2-8-18-43)38-52(37-48)46-25-29-54(30-26-46)61(56-33-34-60-58(41-56)57-23-13-14-24-59(57)62-60)55-31-27-47(28-32-55)53-39-50(44-19-9-3-10-20-44)36-51(40-53)45-21-11-4-12-22-45/h1-41H. The van der Waals surface area contributed by atoms with Gasteiger partial charge in [-0.3, -0.25) is 0 Å². The lowest BCUT2D eigenvalue weighted by Gasteiger charge is -2.26. The number of hydrogen-bond donors (Lipinski definition) is 0. The number of benzene rings is 10. The largest absolute Gasteiger partial charge is 0.310 e. The molecule has 1 aromatic heterocycles. The summed E-state index contributed by atoms with van der Waals surface area (Å²) in [4.78, 5) is 2.39. The van der Waals surface area contributed by atoms with Crippen molar-refractivity contribution < 1.29 is 0 Å². The van der Waals surface area contributed by atoms with Gasteiger partial charge >= 0.3 is 0 Å². The van der Waals surface area contributed by atoms with Gasteiger partial charge in [0.05, 0.1) is 0 Å². The van der Waals surface area contributed by atoms with Crippen LogP contribution in [0.3, 0.4) is 0 Å². The summed E-state index contributed by atoms with van der Waals surface area (Å²) in [6.45, 7) is 0. The summed E-state index contributed by atoms with van der Waals surface area (Å²) in [6, 6.07) is 90.4. The zero-order chi connectivity index (χ0) is 41.2. The van der Waals surface area contributed by atoms with E-state index in [1.807, 2.05) is 11.3 Å². The lowest BCUT2D eigenvalue weighted by molar-refractivity contribution is 1.29. The average molecular weight is 808 g/mol. The van der Waals surface area contributed by atoms with Crippen LogP contribution in [0.25, 0.3) is 86.9 Å². The molecule has 11 aromatic rings. The Balaban J connectivity index is 1.01. The van der Waals surface area contributed by atoms with Crippen LogP contribution in [0.1, 0.15) is 0 Å². The van der Waals surface area contributed by atoms with E-state index in [9.17, 15) is 0 Å². The maximum Gasteiger partial charge on any atom is 0.0468 e. The minimum Gasteiger partial charge on any atom is -0.310 e. The third-order valence-corrected chi connectivity index (χ3v) is 13.0. The van der Waals surface area contributed by atoms with Crippen molar-refractivity contribution in [3.8, 4) is 66.8 Å². The van der Waals surface area contributed by atoms with E-state index in [0.29, 0.717) is 0 Å². The van der Waals surface area contributed by atoms with Crippen molar-refractivity contribution in [2.75, 3.05) is 4.90 Å². The maximum atomic E-state index is 2.39. The minimum absolute atomic E-state index is 1.10. The SMILES string of the molecule is c1ccc(-c2cc(-c3ccccc3)cc(-c3ccc(N(c4ccc(-c5cc(-c6ccccc6)cc(-c6ccccc6)c5)cc4)c4ccc5sc6ccccc6c5c4)cc3)c2)cc1. The second kappa shape index (κ2) is 16.3. The summed E-state index contributed by atoms with van der Waals surface area (Å²) in [5.74, 6) is 0. The van der Waals surface area contributed by atoms with E-state index in [4.69, 9.17) is 0 Å². The van der Waals surface area contributed by atoms with Crippen molar-refractivity contribution >= 4 is 48.6 Å². The predicted octanol–water partition coefficient (Wildman–Crippen LogP) is 17.5. The molecular weight excluding hydrogens is 767 g/mol. The molecule has 2 heteroatoms. The zero-order valence-corrected chi connectivity index (χ0v) is 34.8. The van der Waals surface area contributed by atoms with Crippen LogP contribution in [0.15, 0.2) is 249 Å². The highest BCUT2D eigenvalue weighted by Gasteiger charge is 2.17. The molecule has 0 unspecified atom stereocenters. The van der Waals surface area contributed by atoms with Crippen molar-refractivity contribution in [3.05, 3.63) is 249 Å². The van der Waals surface area contributed by atoms with Gasteiger partial charge in [-0.15, -0.1) is 11.3 Å². The Labute approximate surface area is 367 Å². The summed E-state index contributed by atoms with van der Waals surface area (Å²) in [7, 11) is 0. The quantitative estimate of drug-likeness (QED) is 0.140. The van der Waals surface area contributed by atoms with Gasteiger partial charge in [0.2, 0.25) is 0 Å². The van der Waals surface area contributed by atoms with Crippen LogP contribution >= 0.6 is 11.3 Å². The van der Waals surface area contributed by atoms with Gasteiger partial charge in [-0.25, -0.2) is 0 Å².